The normalized spacial score (nSPS) is 39.6. The molecule has 164 valence electrons. The number of rotatable bonds is 7. The van der Waals surface area contributed by atoms with Gasteiger partial charge in [-0.1, -0.05) is 38.3 Å². The van der Waals surface area contributed by atoms with Crippen LogP contribution in [0, 0.1) is 11.8 Å². The third kappa shape index (κ3) is 2.92. The first-order chi connectivity index (χ1) is 14.4. The minimum atomic E-state index is -1.05. The van der Waals surface area contributed by atoms with E-state index >= 15 is 0 Å². The summed E-state index contributed by atoms with van der Waals surface area (Å²) in [6, 6.07) is -0.323. The Morgan fingerprint density at radius 1 is 1.10 bits per heavy atom. The molecule has 3 heterocycles. The lowest BCUT2D eigenvalue weighted by Gasteiger charge is -2.33. The lowest BCUT2D eigenvalue weighted by molar-refractivity contribution is -0.145. The standard InChI is InChI=1S/C23H33N3O4/c1-3-4-13-26-18(20(28)25-14-7-5-6-8-14)23-12-11-22(2,30-23)16(17(23)21(26)29)19(27)24-15-9-10-15/h11-12,14-18H,3-10,13H2,1-2H3,(H,24,27)(H,25,28). The Balaban J connectivity index is 1.48. The zero-order chi connectivity index (χ0) is 21.1. The molecule has 7 heteroatoms. The molecule has 2 saturated carbocycles. The monoisotopic (exact) mass is 415 g/mol. The molecule has 0 aromatic rings. The number of carbonyl (C=O) groups excluding carboxylic acids is 3. The van der Waals surface area contributed by atoms with Crippen LogP contribution in [0.5, 0.6) is 0 Å². The molecule has 0 aromatic heterocycles. The highest BCUT2D eigenvalue weighted by molar-refractivity contribution is 6.00. The summed E-state index contributed by atoms with van der Waals surface area (Å²) in [5.74, 6) is -1.59. The fraction of sp³-hybridized carbons (Fsp3) is 0.783. The van der Waals surface area contributed by atoms with Crippen molar-refractivity contribution in [1.82, 2.24) is 15.5 Å². The Hall–Kier alpha value is -1.89. The van der Waals surface area contributed by atoms with Crippen molar-refractivity contribution in [1.29, 1.82) is 0 Å². The van der Waals surface area contributed by atoms with Crippen molar-refractivity contribution < 1.29 is 19.1 Å². The molecule has 4 fully saturated rings. The van der Waals surface area contributed by atoms with Gasteiger partial charge in [0, 0.05) is 18.6 Å². The molecule has 1 spiro atoms. The van der Waals surface area contributed by atoms with Crippen molar-refractivity contribution in [2.75, 3.05) is 6.54 Å². The molecule has 3 aliphatic heterocycles. The van der Waals surface area contributed by atoms with Gasteiger partial charge in [-0.25, -0.2) is 0 Å². The zero-order valence-electron chi connectivity index (χ0n) is 18.0. The molecule has 2 aliphatic carbocycles. The van der Waals surface area contributed by atoms with Gasteiger partial charge in [-0.15, -0.1) is 0 Å². The summed E-state index contributed by atoms with van der Waals surface area (Å²) in [7, 11) is 0. The third-order valence-corrected chi connectivity index (χ3v) is 7.71. The van der Waals surface area contributed by atoms with Crippen LogP contribution in [0.4, 0.5) is 0 Å². The van der Waals surface area contributed by atoms with Crippen molar-refractivity contribution in [3.63, 3.8) is 0 Å². The van der Waals surface area contributed by atoms with E-state index in [-0.39, 0.29) is 29.8 Å². The Morgan fingerprint density at radius 2 is 1.77 bits per heavy atom. The topological polar surface area (TPSA) is 87.7 Å². The van der Waals surface area contributed by atoms with Crippen molar-refractivity contribution in [2.45, 2.75) is 94.5 Å². The first-order valence-electron chi connectivity index (χ1n) is 11.7. The molecule has 5 unspecified atom stereocenters. The number of hydrogen-bond donors (Lipinski definition) is 2. The summed E-state index contributed by atoms with van der Waals surface area (Å²) in [6.45, 7) is 4.47. The van der Waals surface area contributed by atoms with Crippen LogP contribution in [-0.2, 0) is 19.1 Å². The Labute approximate surface area is 178 Å². The molecule has 5 atom stereocenters. The maximum absolute atomic E-state index is 13.6. The number of likely N-dealkylation sites (tertiary alicyclic amines) is 1. The van der Waals surface area contributed by atoms with Gasteiger partial charge in [-0.3, -0.25) is 14.4 Å². The van der Waals surface area contributed by atoms with E-state index in [9.17, 15) is 14.4 Å². The largest absolute Gasteiger partial charge is 0.356 e. The molecule has 3 amide bonds. The number of carbonyl (C=O) groups is 3. The smallest absolute Gasteiger partial charge is 0.246 e. The summed E-state index contributed by atoms with van der Waals surface area (Å²) >= 11 is 0. The van der Waals surface area contributed by atoms with Gasteiger partial charge < -0.3 is 20.3 Å². The van der Waals surface area contributed by atoms with Crippen molar-refractivity contribution >= 4 is 17.7 Å². The van der Waals surface area contributed by atoms with Gasteiger partial charge in [-0.2, -0.15) is 0 Å². The van der Waals surface area contributed by atoms with Gasteiger partial charge >= 0.3 is 0 Å². The lowest BCUT2D eigenvalue weighted by Crippen LogP contribution is -2.56. The number of unbranched alkanes of at least 4 members (excludes halogenated alkanes) is 1. The van der Waals surface area contributed by atoms with Gasteiger partial charge in [0.05, 0.1) is 17.4 Å². The molecule has 5 aliphatic rings. The van der Waals surface area contributed by atoms with Crippen LogP contribution < -0.4 is 10.6 Å². The van der Waals surface area contributed by atoms with Crippen LogP contribution in [0.1, 0.15) is 65.2 Å². The van der Waals surface area contributed by atoms with E-state index in [1.54, 1.807) is 4.90 Å². The van der Waals surface area contributed by atoms with E-state index in [0.29, 0.717) is 6.54 Å². The van der Waals surface area contributed by atoms with Crippen LogP contribution in [0.3, 0.4) is 0 Å². The SMILES string of the molecule is CCCCN1C(=O)C2C(C(=O)NC3CC3)C3(C)C=CC2(O3)C1C(=O)NC1CCCC1. The Bertz CT molecular complexity index is 787. The average Bonchev–Trinajstić information content (AvgIpc) is 3.06. The maximum atomic E-state index is 13.6. The lowest BCUT2D eigenvalue weighted by atomic mass is 9.70. The molecule has 7 nitrogen and oxygen atoms in total. The molecule has 0 aromatic carbocycles. The number of fused-ring (bicyclic) bond motifs is 1. The summed E-state index contributed by atoms with van der Waals surface area (Å²) in [5, 5.41) is 6.26. The Kier molecular flexibility index (Phi) is 4.73. The van der Waals surface area contributed by atoms with Crippen molar-refractivity contribution in [3.05, 3.63) is 12.2 Å². The second-order valence-corrected chi connectivity index (χ2v) is 9.99. The van der Waals surface area contributed by atoms with Gasteiger partial charge in [0.15, 0.2) is 0 Å². The molecule has 0 radical (unpaired) electrons. The highest BCUT2D eigenvalue weighted by atomic mass is 16.5. The second kappa shape index (κ2) is 7.08. The second-order valence-electron chi connectivity index (χ2n) is 9.99. The molecule has 2 bridgehead atoms. The predicted octanol–water partition coefficient (Wildman–Crippen LogP) is 1.66. The van der Waals surface area contributed by atoms with E-state index in [2.05, 4.69) is 17.6 Å². The van der Waals surface area contributed by atoms with Crippen LogP contribution in [0.25, 0.3) is 0 Å². The molecule has 30 heavy (non-hydrogen) atoms. The minimum Gasteiger partial charge on any atom is -0.356 e. The average molecular weight is 416 g/mol. The Morgan fingerprint density at radius 3 is 2.43 bits per heavy atom. The minimum absolute atomic E-state index is 0.112. The number of hydrogen-bond acceptors (Lipinski definition) is 4. The fourth-order valence-corrected chi connectivity index (χ4v) is 6.07. The van der Waals surface area contributed by atoms with E-state index < -0.39 is 29.1 Å². The first-order valence-corrected chi connectivity index (χ1v) is 11.7. The van der Waals surface area contributed by atoms with E-state index in [1.807, 2.05) is 19.1 Å². The van der Waals surface area contributed by atoms with Gasteiger partial charge in [0.25, 0.3) is 0 Å². The third-order valence-electron chi connectivity index (χ3n) is 7.71. The first kappa shape index (κ1) is 20.0. The molecular weight excluding hydrogens is 382 g/mol. The summed E-state index contributed by atoms with van der Waals surface area (Å²) in [4.78, 5) is 42.0. The van der Waals surface area contributed by atoms with Gasteiger partial charge in [-0.05, 0) is 39.0 Å². The maximum Gasteiger partial charge on any atom is 0.246 e. The number of ether oxygens (including phenoxy) is 1. The highest BCUT2D eigenvalue weighted by Crippen LogP contribution is 2.59. The summed E-state index contributed by atoms with van der Waals surface area (Å²) < 4.78 is 6.49. The van der Waals surface area contributed by atoms with Crippen LogP contribution >= 0.6 is 0 Å². The molecule has 2 N–H and O–H groups in total. The molecule has 2 saturated heterocycles. The molecular formula is C23H33N3O4. The van der Waals surface area contributed by atoms with Gasteiger partial charge in [0.1, 0.15) is 11.6 Å². The quantitative estimate of drug-likeness (QED) is 0.619. The van der Waals surface area contributed by atoms with Crippen molar-refractivity contribution in [2.24, 2.45) is 11.8 Å². The van der Waals surface area contributed by atoms with E-state index in [0.717, 1.165) is 51.4 Å². The van der Waals surface area contributed by atoms with Crippen molar-refractivity contribution in [3.8, 4) is 0 Å². The van der Waals surface area contributed by atoms with Crippen LogP contribution in [0.2, 0.25) is 0 Å². The van der Waals surface area contributed by atoms with Gasteiger partial charge in [0.2, 0.25) is 17.7 Å². The number of nitrogens with one attached hydrogen (secondary N) is 2. The van der Waals surface area contributed by atoms with E-state index in [4.69, 9.17) is 4.74 Å². The summed E-state index contributed by atoms with van der Waals surface area (Å²) in [6.07, 6.45) is 11.8. The fourth-order valence-electron chi connectivity index (χ4n) is 6.07. The number of amides is 3. The predicted molar refractivity (Wildman–Crippen MR) is 110 cm³/mol. The molecule has 5 rings (SSSR count). The van der Waals surface area contributed by atoms with Crippen LogP contribution in [0.15, 0.2) is 12.2 Å². The van der Waals surface area contributed by atoms with E-state index in [1.165, 1.54) is 0 Å². The number of nitrogens with zero attached hydrogens (tertiary/aromatic N) is 1. The van der Waals surface area contributed by atoms with Crippen LogP contribution in [-0.4, -0.2) is 58.5 Å². The zero-order valence-corrected chi connectivity index (χ0v) is 18.0. The highest BCUT2D eigenvalue weighted by Gasteiger charge is 2.76. The summed E-state index contributed by atoms with van der Waals surface area (Å²) in [5.41, 5.74) is -1.89.